The number of halogens is 2. The van der Waals surface area contributed by atoms with Crippen LogP contribution in [0.15, 0.2) is 29.6 Å². The molecule has 3 aromatic rings. The zero-order valence-corrected chi connectivity index (χ0v) is 10.5. The van der Waals surface area contributed by atoms with Crippen molar-refractivity contribution in [3.8, 4) is 11.3 Å². The van der Waals surface area contributed by atoms with Gasteiger partial charge in [0, 0.05) is 5.38 Å². The Kier molecular flexibility index (Phi) is 2.65. The van der Waals surface area contributed by atoms with Gasteiger partial charge in [-0.3, -0.25) is 9.20 Å². The smallest absolute Gasteiger partial charge is 0.196 e. The monoisotopic (exact) mass is 280 g/mol. The highest BCUT2D eigenvalue weighted by molar-refractivity contribution is 7.15. The van der Waals surface area contributed by atoms with E-state index in [1.165, 1.54) is 23.5 Å². The molecule has 0 unspecified atom stereocenters. The number of rotatable bonds is 2. The maximum Gasteiger partial charge on any atom is 0.196 e. The number of benzene rings is 1. The summed E-state index contributed by atoms with van der Waals surface area (Å²) >= 11 is 7.26. The third kappa shape index (κ3) is 1.63. The Bertz CT molecular complexity index is 732. The maximum atomic E-state index is 12.9. The Balaban J connectivity index is 2.29. The van der Waals surface area contributed by atoms with Crippen LogP contribution < -0.4 is 0 Å². The average molecular weight is 281 g/mol. The van der Waals surface area contributed by atoms with Crippen LogP contribution in [-0.4, -0.2) is 15.7 Å². The van der Waals surface area contributed by atoms with Crippen LogP contribution in [0.5, 0.6) is 0 Å². The summed E-state index contributed by atoms with van der Waals surface area (Å²) in [5.74, 6) is -0.301. The molecule has 0 fully saturated rings. The van der Waals surface area contributed by atoms with E-state index in [0.717, 1.165) is 11.3 Å². The zero-order chi connectivity index (χ0) is 12.7. The number of hydrogen-bond donors (Lipinski definition) is 0. The van der Waals surface area contributed by atoms with Gasteiger partial charge in [0.25, 0.3) is 0 Å². The minimum absolute atomic E-state index is 0.181. The molecule has 0 aliphatic carbocycles. The standard InChI is InChI=1S/C12H6ClFN2OS/c13-11-9(5-17)16-10(6-18-12(16)15-11)7-1-3-8(14)4-2-7/h1-6H. The third-order valence-corrected chi connectivity index (χ3v) is 3.71. The summed E-state index contributed by atoms with van der Waals surface area (Å²) < 4.78 is 14.6. The van der Waals surface area contributed by atoms with Crippen LogP contribution in [-0.2, 0) is 0 Å². The van der Waals surface area contributed by atoms with Gasteiger partial charge in [-0.15, -0.1) is 11.3 Å². The van der Waals surface area contributed by atoms with E-state index in [2.05, 4.69) is 4.98 Å². The van der Waals surface area contributed by atoms with Gasteiger partial charge < -0.3 is 0 Å². The normalized spacial score (nSPS) is 11.0. The van der Waals surface area contributed by atoms with Crippen LogP contribution in [0.2, 0.25) is 5.15 Å². The highest BCUT2D eigenvalue weighted by Crippen LogP contribution is 2.29. The Morgan fingerprint density at radius 2 is 2.06 bits per heavy atom. The van der Waals surface area contributed by atoms with E-state index in [4.69, 9.17) is 11.6 Å². The number of fused-ring (bicyclic) bond motifs is 1. The first-order chi connectivity index (χ1) is 8.70. The first-order valence-electron chi connectivity index (χ1n) is 5.07. The fraction of sp³-hybridized carbons (Fsp3) is 0. The van der Waals surface area contributed by atoms with Crippen molar-refractivity contribution in [1.82, 2.24) is 9.38 Å². The predicted octanol–water partition coefficient (Wildman–Crippen LogP) is 3.67. The van der Waals surface area contributed by atoms with Crippen molar-refractivity contribution in [2.75, 3.05) is 0 Å². The van der Waals surface area contributed by atoms with E-state index < -0.39 is 0 Å². The van der Waals surface area contributed by atoms with E-state index in [1.54, 1.807) is 16.5 Å². The highest BCUT2D eigenvalue weighted by Gasteiger charge is 2.15. The molecule has 3 nitrogen and oxygen atoms in total. The van der Waals surface area contributed by atoms with Gasteiger partial charge in [0.1, 0.15) is 11.5 Å². The summed E-state index contributed by atoms with van der Waals surface area (Å²) in [6.07, 6.45) is 0.669. The van der Waals surface area contributed by atoms with Gasteiger partial charge in [-0.1, -0.05) is 11.6 Å². The van der Waals surface area contributed by atoms with Gasteiger partial charge >= 0.3 is 0 Å². The second-order valence-electron chi connectivity index (χ2n) is 3.65. The fourth-order valence-electron chi connectivity index (χ4n) is 1.78. The molecule has 1 aromatic carbocycles. The summed E-state index contributed by atoms with van der Waals surface area (Å²) in [6.45, 7) is 0. The van der Waals surface area contributed by atoms with Crippen molar-refractivity contribution in [3.63, 3.8) is 0 Å². The second kappa shape index (κ2) is 4.19. The van der Waals surface area contributed by atoms with E-state index in [-0.39, 0.29) is 11.0 Å². The van der Waals surface area contributed by atoms with Crippen molar-refractivity contribution in [2.45, 2.75) is 0 Å². The predicted molar refractivity (Wildman–Crippen MR) is 68.9 cm³/mol. The molecule has 6 heteroatoms. The molecule has 0 radical (unpaired) electrons. The van der Waals surface area contributed by atoms with E-state index >= 15 is 0 Å². The molecule has 0 bridgehead atoms. The van der Waals surface area contributed by atoms with Crippen molar-refractivity contribution < 1.29 is 9.18 Å². The molecule has 0 saturated heterocycles. The minimum Gasteiger partial charge on any atom is -0.296 e. The molecule has 90 valence electrons. The molecule has 18 heavy (non-hydrogen) atoms. The Labute approximate surface area is 110 Å². The molecular weight excluding hydrogens is 275 g/mol. The molecule has 0 amide bonds. The Morgan fingerprint density at radius 3 is 2.72 bits per heavy atom. The van der Waals surface area contributed by atoms with E-state index in [9.17, 15) is 9.18 Å². The van der Waals surface area contributed by atoms with Crippen LogP contribution in [0.3, 0.4) is 0 Å². The van der Waals surface area contributed by atoms with Crippen LogP contribution in [0.25, 0.3) is 16.2 Å². The van der Waals surface area contributed by atoms with Gasteiger partial charge in [0.15, 0.2) is 16.4 Å². The number of thiazole rings is 1. The Hall–Kier alpha value is -1.72. The molecular formula is C12H6ClFN2OS. The molecule has 0 aliphatic heterocycles. The van der Waals surface area contributed by atoms with Crippen molar-refractivity contribution in [2.24, 2.45) is 0 Å². The SMILES string of the molecule is O=Cc1c(Cl)nc2scc(-c3ccc(F)cc3)n12. The highest BCUT2D eigenvalue weighted by atomic mass is 35.5. The third-order valence-electron chi connectivity index (χ3n) is 2.61. The number of carbonyl (C=O) groups is 1. The summed E-state index contributed by atoms with van der Waals surface area (Å²) in [5.41, 5.74) is 1.89. The number of imidazole rings is 1. The van der Waals surface area contributed by atoms with Gasteiger partial charge in [-0.05, 0) is 29.8 Å². The lowest BCUT2D eigenvalue weighted by Crippen LogP contribution is -1.92. The number of nitrogens with zero attached hydrogens (tertiary/aromatic N) is 2. The van der Waals surface area contributed by atoms with Crippen LogP contribution >= 0.6 is 22.9 Å². The average Bonchev–Trinajstić information content (AvgIpc) is 2.88. The van der Waals surface area contributed by atoms with E-state index in [1.807, 2.05) is 5.38 Å². The quantitative estimate of drug-likeness (QED) is 0.671. The molecule has 3 rings (SSSR count). The summed E-state index contributed by atoms with van der Waals surface area (Å²) in [4.78, 5) is 15.8. The first-order valence-corrected chi connectivity index (χ1v) is 6.33. The van der Waals surface area contributed by atoms with Gasteiger partial charge in [-0.25, -0.2) is 9.37 Å². The number of aldehydes is 1. The van der Waals surface area contributed by atoms with E-state index in [0.29, 0.717) is 16.9 Å². The lowest BCUT2D eigenvalue weighted by molar-refractivity contribution is 0.111. The van der Waals surface area contributed by atoms with Gasteiger partial charge in [-0.2, -0.15) is 0 Å². The van der Waals surface area contributed by atoms with Crippen molar-refractivity contribution in [1.29, 1.82) is 0 Å². The second-order valence-corrected chi connectivity index (χ2v) is 4.85. The topological polar surface area (TPSA) is 34.4 Å². The van der Waals surface area contributed by atoms with Crippen LogP contribution in [0, 0.1) is 5.82 Å². The number of aromatic nitrogens is 2. The van der Waals surface area contributed by atoms with Crippen molar-refractivity contribution in [3.05, 3.63) is 46.3 Å². The summed E-state index contributed by atoms with van der Waals surface area (Å²) in [7, 11) is 0. The first kappa shape index (κ1) is 11.4. The molecule has 0 atom stereocenters. The molecule has 0 saturated carbocycles. The van der Waals surface area contributed by atoms with Crippen LogP contribution in [0.1, 0.15) is 10.5 Å². The largest absolute Gasteiger partial charge is 0.296 e. The van der Waals surface area contributed by atoms with Crippen LogP contribution in [0.4, 0.5) is 4.39 Å². The zero-order valence-electron chi connectivity index (χ0n) is 8.93. The fourth-order valence-corrected chi connectivity index (χ4v) is 2.94. The maximum absolute atomic E-state index is 12.9. The van der Waals surface area contributed by atoms with Gasteiger partial charge in [0.2, 0.25) is 0 Å². The number of hydrogen-bond acceptors (Lipinski definition) is 3. The van der Waals surface area contributed by atoms with Crippen molar-refractivity contribution >= 4 is 34.2 Å². The molecule has 0 N–H and O–H groups in total. The lowest BCUT2D eigenvalue weighted by atomic mass is 10.2. The summed E-state index contributed by atoms with van der Waals surface area (Å²) in [5, 5.41) is 2.04. The molecule has 2 heterocycles. The minimum atomic E-state index is -0.301. The number of carbonyl (C=O) groups excluding carboxylic acids is 1. The Morgan fingerprint density at radius 1 is 1.33 bits per heavy atom. The summed E-state index contributed by atoms with van der Waals surface area (Å²) in [6, 6.07) is 6.05. The van der Waals surface area contributed by atoms with Gasteiger partial charge in [0.05, 0.1) is 5.69 Å². The molecule has 0 aliphatic rings. The molecule has 2 aromatic heterocycles. The lowest BCUT2D eigenvalue weighted by Gasteiger charge is -2.00. The molecule has 0 spiro atoms.